The lowest BCUT2D eigenvalue weighted by Crippen LogP contribution is -2.37. The van der Waals surface area contributed by atoms with Crippen LogP contribution >= 0.6 is 0 Å². The number of nitrogens with one attached hydrogen (secondary N) is 2. The van der Waals surface area contributed by atoms with E-state index in [1.807, 2.05) is 0 Å². The van der Waals surface area contributed by atoms with Crippen LogP contribution in [0, 0.1) is 11.3 Å². The third-order valence-electron chi connectivity index (χ3n) is 4.29. The summed E-state index contributed by atoms with van der Waals surface area (Å²) in [6, 6.07) is 0. The Morgan fingerprint density at radius 3 is 2.47 bits per heavy atom. The molecule has 0 bridgehead atoms. The summed E-state index contributed by atoms with van der Waals surface area (Å²) in [6.45, 7) is 4.71. The molecule has 0 amide bonds. The summed E-state index contributed by atoms with van der Waals surface area (Å²) in [5, 5.41) is 3.26. The molecule has 1 saturated heterocycles. The lowest BCUT2D eigenvalue weighted by Gasteiger charge is -2.23. The van der Waals surface area contributed by atoms with Gasteiger partial charge in [-0.2, -0.15) is 0 Å². The van der Waals surface area contributed by atoms with Crippen molar-refractivity contribution in [1.29, 1.82) is 0 Å². The fourth-order valence-electron chi connectivity index (χ4n) is 2.51. The second-order valence-electron chi connectivity index (χ2n) is 5.65. The van der Waals surface area contributed by atoms with Crippen molar-refractivity contribution in [2.45, 2.75) is 39.0 Å². The molecule has 2 N–H and O–H groups in total. The van der Waals surface area contributed by atoms with Crippen molar-refractivity contribution < 1.29 is 8.42 Å². The Kier molecular flexibility index (Phi) is 4.10. The average molecular weight is 260 g/mol. The van der Waals surface area contributed by atoms with Gasteiger partial charge >= 0.3 is 0 Å². The summed E-state index contributed by atoms with van der Waals surface area (Å²) in [4.78, 5) is 0. The highest BCUT2D eigenvalue weighted by molar-refractivity contribution is 7.89. The Labute approximate surface area is 105 Å². The predicted molar refractivity (Wildman–Crippen MR) is 69.3 cm³/mol. The summed E-state index contributed by atoms with van der Waals surface area (Å²) in [5.74, 6) is 0.652. The zero-order valence-corrected chi connectivity index (χ0v) is 11.5. The van der Waals surface area contributed by atoms with Crippen LogP contribution in [0.1, 0.15) is 39.0 Å². The molecule has 2 rings (SSSR count). The molecule has 4 nitrogen and oxygen atoms in total. The van der Waals surface area contributed by atoms with E-state index in [-0.39, 0.29) is 0 Å². The molecule has 0 radical (unpaired) electrons. The highest BCUT2D eigenvalue weighted by atomic mass is 32.2. The molecule has 0 aromatic rings. The highest BCUT2D eigenvalue weighted by Gasteiger charge is 2.41. The maximum Gasteiger partial charge on any atom is 0.211 e. The molecule has 0 unspecified atom stereocenters. The molecule has 2 fully saturated rings. The van der Waals surface area contributed by atoms with Crippen LogP contribution in [0.15, 0.2) is 0 Å². The summed E-state index contributed by atoms with van der Waals surface area (Å²) in [7, 11) is -3.06. The van der Waals surface area contributed by atoms with Gasteiger partial charge in [0.25, 0.3) is 0 Å². The molecule has 2 aliphatic rings. The molecule has 0 aromatic carbocycles. The van der Waals surface area contributed by atoms with Crippen LogP contribution in [-0.4, -0.2) is 33.8 Å². The number of hydrogen-bond donors (Lipinski definition) is 2. The minimum absolute atomic E-state index is 0.293. The first-order valence-electron chi connectivity index (χ1n) is 6.73. The molecule has 0 atom stereocenters. The quantitative estimate of drug-likeness (QED) is 0.752. The van der Waals surface area contributed by atoms with E-state index in [0.717, 1.165) is 32.4 Å². The van der Waals surface area contributed by atoms with Gasteiger partial charge in [0.05, 0.1) is 5.75 Å². The number of piperidine rings is 1. The zero-order chi connectivity index (χ0) is 12.4. The topological polar surface area (TPSA) is 58.2 Å². The lowest BCUT2D eigenvalue weighted by molar-refractivity contribution is 0.398. The second kappa shape index (κ2) is 5.24. The van der Waals surface area contributed by atoms with E-state index in [4.69, 9.17) is 0 Å². The summed E-state index contributed by atoms with van der Waals surface area (Å²) in [5.41, 5.74) is 0.293. The van der Waals surface area contributed by atoms with Crippen LogP contribution in [0.4, 0.5) is 0 Å². The molecular formula is C12H24N2O2S. The Morgan fingerprint density at radius 1 is 1.29 bits per heavy atom. The second-order valence-corrected chi connectivity index (χ2v) is 7.50. The zero-order valence-electron chi connectivity index (χ0n) is 10.7. The number of rotatable bonds is 6. The molecule has 1 aliphatic carbocycles. The fourth-order valence-corrected chi connectivity index (χ4v) is 4.11. The van der Waals surface area contributed by atoms with Crippen molar-refractivity contribution in [1.82, 2.24) is 10.0 Å². The standard InChI is InChI=1S/C12H24N2O2S/c1-2-12(5-6-12)10-14-17(15,16)9-11-3-7-13-8-4-11/h11,13-14H,2-10H2,1H3. The van der Waals surface area contributed by atoms with Crippen LogP contribution < -0.4 is 10.0 Å². The molecule has 0 spiro atoms. The average Bonchev–Trinajstić information content (AvgIpc) is 3.08. The molecule has 100 valence electrons. The minimum Gasteiger partial charge on any atom is -0.317 e. The van der Waals surface area contributed by atoms with Gasteiger partial charge in [0, 0.05) is 6.54 Å². The molecule has 5 heteroatoms. The van der Waals surface area contributed by atoms with E-state index in [0.29, 0.717) is 23.6 Å². The normalized spacial score (nSPS) is 24.8. The Balaban J connectivity index is 1.77. The first-order valence-corrected chi connectivity index (χ1v) is 8.39. The maximum atomic E-state index is 12.0. The first kappa shape index (κ1) is 13.3. The van der Waals surface area contributed by atoms with Crippen LogP contribution in [0.25, 0.3) is 0 Å². The van der Waals surface area contributed by atoms with Crippen molar-refractivity contribution in [3.05, 3.63) is 0 Å². The summed E-state index contributed by atoms with van der Waals surface area (Å²) < 4.78 is 26.7. The Hall–Kier alpha value is -0.130. The third kappa shape index (κ3) is 3.93. The monoisotopic (exact) mass is 260 g/mol. The highest BCUT2D eigenvalue weighted by Crippen LogP contribution is 2.47. The van der Waals surface area contributed by atoms with Gasteiger partial charge in [-0.1, -0.05) is 6.92 Å². The van der Waals surface area contributed by atoms with Gasteiger partial charge in [0.2, 0.25) is 10.0 Å². The molecular weight excluding hydrogens is 236 g/mol. The smallest absolute Gasteiger partial charge is 0.211 e. The van der Waals surface area contributed by atoms with Gasteiger partial charge in [0.1, 0.15) is 0 Å². The largest absolute Gasteiger partial charge is 0.317 e. The van der Waals surface area contributed by atoms with E-state index >= 15 is 0 Å². The van der Waals surface area contributed by atoms with Gasteiger partial charge in [-0.15, -0.1) is 0 Å². The lowest BCUT2D eigenvalue weighted by atomic mass is 10.0. The van der Waals surface area contributed by atoms with Crippen LogP contribution in [0.5, 0.6) is 0 Å². The van der Waals surface area contributed by atoms with Crippen LogP contribution in [0.3, 0.4) is 0 Å². The van der Waals surface area contributed by atoms with Crippen molar-refractivity contribution >= 4 is 10.0 Å². The van der Waals surface area contributed by atoms with Crippen LogP contribution in [0.2, 0.25) is 0 Å². The van der Waals surface area contributed by atoms with E-state index in [1.54, 1.807) is 0 Å². The maximum absolute atomic E-state index is 12.0. The van der Waals surface area contributed by atoms with E-state index < -0.39 is 10.0 Å². The molecule has 1 saturated carbocycles. The van der Waals surface area contributed by atoms with Crippen molar-refractivity contribution in [2.75, 3.05) is 25.4 Å². The fraction of sp³-hybridized carbons (Fsp3) is 1.00. The molecule has 0 aromatic heterocycles. The van der Waals surface area contributed by atoms with Gasteiger partial charge in [-0.3, -0.25) is 0 Å². The molecule has 1 heterocycles. The summed E-state index contributed by atoms with van der Waals surface area (Å²) >= 11 is 0. The SMILES string of the molecule is CCC1(CNS(=O)(=O)CC2CCNCC2)CC1. The minimum atomic E-state index is -3.06. The van der Waals surface area contributed by atoms with E-state index in [9.17, 15) is 8.42 Å². The summed E-state index contributed by atoms with van der Waals surface area (Å²) in [6.07, 6.45) is 5.42. The number of sulfonamides is 1. The third-order valence-corrected chi connectivity index (χ3v) is 5.78. The van der Waals surface area contributed by atoms with E-state index in [1.165, 1.54) is 12.8 Å². The Morgan fingerprint density at radius 2 is 1.94 bits per heavy atom. The molecule has 17 heavy (non-hydrogen) atoms. The van der Waals surface area contributed by atoms with Gasteiger partial charge in [-0.05, 0) is 56.5 Å². The first-order chi connectivity index (χ1) is 8.05. The van der Waals surface area contributed by atoms with Crippen molar-refractivity contribution in [3.8, 4) is 0 Å². The van der Waals surface area contributed by atoms with Crippen molar-refractivity contribution in [2.24, 2.45) is 11.3 Å². The molecule has 1 aliphatic heterocycles. The van der Waals surface area contributed by atoms with Gasteiger partial charge in [-0.25, -0.2) is 13.1 Å². The van der Waals surface area contributed by atoms with Gasteiger partial charge < -0.3 is 5.32 Å². The van der Waals surface area contributed by atoms with Crippen LogP contribution in [-0.2, 0) is 10.0 Å². The number of hydrogen-bond acceptors (Lipinski definition) is 3. The predicted octanol–water partition coefficient (Wildman–Crippen LogP) is 1.10. The van der Waals surface area contributed by atoms with Gasteiger partial charge in [0.15, 0.2) is 0 Å². The Bertz CT molecular complexity index is 344. The van der Waals surface area contributed by atoms with E-state index in [2.05, 4.69) is 17.0 Å². The van der Waals surface area contributed by atoms with Crippen molar-refractivity contribution in [3.63, 3.8) is 0 Å².